The quantitative estimate of drug-likeness (QED) is 0.841. The Morgan fingerprint density at radius 1 is 1.14 bits per heavy atom. The van der Waals surface area contributed by atoms with Crippen LogP contribution in [0.1, 0.15) is 35.4 Å². The molecule has 0 bridgehead atoms. The molecule has 2 fully saturated rings. The maximum Gasteiger partial charge on any atom is 0.227 e. The number of carbonyl (C=O) groups excluding carboxylic acids is 1. The second-order valence-corrected chi connectivity index (χ2v) is 7.25. The molecule has 5 heteroatoms. The van der Waals surface area contributed by atoms with E-state index in [0.717, 1.165) is 24.0 Å². The van der Waals surface area contributed by atoms with Crippen molar-refractivity contribution in [2.45, 2.75) is 30.8 Å². The van der Waals surface area contributed by atoms with E-state index in [-0.39, 0.29) is 36.2 Å². The summed E-state index contributed by atoms with van der Waals surface area (Å²) in [7, 11) is 0. The fourth-order valence-electron chi connectivity index (χ4n) is 3.75. The van der Waals surface area contributed by atoms with Gasteiger partial charge in [0.25, 0.3) is 0 Å². The molecule has 1 heterocycles. The standard InChI is InChI=1S/C23H19FN2O2/c24-19-3-1-2-16(12-19)5-4-15-6-8-17(9-7-15)22-20(13-25)26(21(22)14-27)23(28)18-10-11-18/h1-3,6-9,12,18,20-22,27H,10-11,14H2/t20-,21-,22+/m1/s1. The number of aliphatic hydroxyl groups is 1. The second kappa shape index (κ2) is 7.46. The van der Waals surface area contributed by atoms with Crippen LogP contribution in [0.25, 0.3) is 0 Å². The Bertz CT molecular complexity index is 996. The number of hydrogen-bond donors (Lipinski definition) is 1. The maximum absolute atomic E-state index is 13.2. The Labute approximate surface area is 163 Å². The first-order valence-electron chi connectivity index (χ1n) is 9.32. The minimum absolute atomic E-state index is 0.0144. The first kappa shape index (κ1) is 18.2. The van der Waals surface area contributed by atoms with Crippen molar-refractivity contribution < 1.29 is 14.3 Å². The number of hydrogen-bond acceptors (Lipinski definition) is 3. The highest BCUT2D eigenvalue weighted by Gasteiger charge is 2.53. The van der Waals surface area contributed by atoms with Crippen LogP contribution in [0, 0.1) is 34.9 Å². The Kier molecular flexibility index (Phi) is 4.86. The van der Waals surface area contributed by atoms with Gasteiger partial charge >= 0.3 is 0 Å². The number of halogens is 1. The molecule has 2 aromatic rings. The number of carbonyl (C=O) groups is 1. The normalized spacial score (nSPS) is 23.2. The summed E-state index contributed by atoms with van der Waals surface area (Å²) < 4.78 is 13.2. The minimum Gasteiger partial charge on any atom is -0.394 e. The van der Waals surface area contributed by atoms with Gasteiger partial charge in [0, 0.05) is 23.0 Å². The van der Waals surface area contributed by atoms with Gasteiger partial charge in [0.15, 0.2) is 0 Å². The van der Waals surface area contributed by atoms with Crippen LogP contribution in [0.3, 0.4) is 0 Å². The Morgan fingerprint density at radius 2 is 1.86 bits per heavy atom. The lowest BCUT2D eigenvalue weighted by Gasteiger charge is -2.51. The van der Waals surface area contributed by atoms with E-state index in [2.05, 4.69) is 17.9 Å². The molecule has 1 saturated heterocycles. The van der Waals surface area contributed by atoms with Crippen molar-refractivity contribution in [3.05, 3.63) is 71.0 Å². The van der Waals surface area contributed by atoms with Crippen LogP contribution < -0.4 is 0 Å². The van der Waals surface area contributed by atoms with Gasteiger partial charge in [-0.25, -0.2) is 4.39 Å². The van der Waals surface area contributed by atoms with Crippen molar-refractivity contribution in [2.75, 3.05) is 6.61 Å². The van der Waals surface area contributed by atoms with E-state index >= 15 is 0 Å². The van der Waals surface area contributed by atoms with Gasteiger partial charge in [-0.1, -0.05) is 30.0 Å². The molecule has 28 heavy (non-hydrogen) atoms. The topological polar surface area (TPSA) is 64.3 Å². The lowest BCUT2D eigenvalue weighted by atomic mass is 9.75. The van der Waals surface area contributed by atoms with Crippen molar-refractivity contribution in [3.63, 3.8) is 0 Å². The van der Waals surface area contributed by atoms with Crippen molar-refractivity contribution in [1.82, 2.24) is 4.90 Å². The monoisotopic (exact) mass is 374 g/mol. The van der Waals surface area contributed by atoms with Gasteiger partial charge in [-0.15, -0.1) is 0 Å². The lowest BCUT2D eigenvalue weighted by Crippen LogP contribution is -2.65. The summed E-state index contributed by atoms with van der Waals surface area (Å²) in [6, 6.07) is 14.9. The Morgan fingerprint density at radius 3 is 2.46 bits per heavy atom. The first-order chi connectivity index (χ1) is 13.6. The second-order valence-electron chi connectivity index (χ2n) is 7.25. The number of nitriles is 1. The average molecular weight is 374 g/mol. The Balaban J connectivity index is 1.52. The van der Waals surface area contributed by atoms with E-state index < -0.39 is 6.04 Å². The highest BCUT2D eigenvalue weighted by molar-refractivity contribution is 5.83. The third kappa shape index (κ3) is 3.38. The molecule has 4 nitrogen and oxygen atoms in total. The number of aliphatic hydroxyl groups excluding tert-OH is 1. The molecule has 1 N–H and O–H groups in total. The van der Waals surface area contributed by atoms with E-state index in [4.69, 9.17) is 0 Å². The summed E-state index contributed by atoms with van der Waals surface area (Å²) in [5.74, 6) is 5.40. The molecule has 1 aliphatic carbocycles. The van der Waals surface area contributed by atoms with E-state index in [0.29, 0.717) is 5.56 Å². The molecule has 2 aromatic carbocycles. The van der Waals surface area contributed by atoms with Crippen LogP contribution in [0.4, 0.5) is 4.39 Å². The molecule has 0 radical (unpaired) electrons. The van der Waals surface area contributed by atoms with Gasteiger partial charge < -0.3 is 10.0 Å². The van der Waals surface area contributed by atoms with Crippen LogP contribution in [0.2, 0.25) is 0 Å². The summed E-state index contributed by atoms with van der Waals surface area (Å²) in [4.78, 5) is 14.0. The van der Waals surface area contributed by atoms with Gasteiger partial charge in [0.1, 0.15) is 11.9 Å². The lowest BCUT2D eigenvalue weighted by molar-refractivity contribution is -0.148. The van der Waals surface area contributed by atoms with Crippen molar-refractivity contribution in [2.24, 2.45) is 5.92 Å². The van der Waals surface area contributed by atoms with E-state index in [1.165, 1.54) is 12.1 Å². The molecular weight excluding hydrogens is 355 g/mol. The number of amides is 1. The van der Waals surface area contributed by atoms with Gasteiger partial charge in [-0.2, -0.15) is 5.26 Å². The van der Waals surface area contributed by atoms with E-state index in [9.17, 15) is 19.6 Å². The summed E-state index contributed by atoms with van der Waals surface area (Å²) in [5, 5.41) is 19.3. The molecule has 1 saturated carbocycles. The van der Waals surface area contributed by atoms with Crippen LogP contribution in [-0.2, 0) is 4.79 Å². The predicted octanol–water partition coefficient (Wildman–Crippen LogP) is 2.81. The molecule has 3 atom stereocenters. The SMILES string of the molecule is N#C[C@@H]1[C@H](c2ccc(C#Cc3cccc(F)c3)cc2)[C@@H](CO)N1C(=O)C1CC1. The average Bonchev–Trinajstić information content (AvgIpc) is 3.52. The zero-order valence-corrected chi connectivity index (χ0v) is 15.2. The van der Waals surface area contributed by atoms with Crippen LogP contribution >= 0.6 is 0 Å². The molecule has 0 unspecified atom stereocenters. The third-order valence-corrected chi connectivity index (χ3v) is 5.38. The molecule has 1 aliphatic heterocycles. The number of nitrogens with zero attached hydrogens (tertiary/aromatic N) is 2. The summed E-state index contributed by atoms with van der Waals surface area (Å²) in [6.45, 7) is -0.164. The molecule has 2 aliphatic rings. The van der Waals surface area contributed by atoms with E-state index in [1.54, 1.807) is 17.0 Å². The molecular formula is C23H19FN2O2. The van der Waals surface area contributed by atoms with Crippen molar-refractivity contribution in [3.8, 4) is 17.9 Å². The molecule has 4 rings (SSSR count). The smallest absolute Gasteiger partial charge is 0.227 e. The minimum atomic E-state index is -0.547. The summed E-state index contributed by atoms with van der Waals surface area (Å²) >= 11 is 0. The zero-order chi connectivity index (χ0) is 19.7. The van der Waals surface area contributed by atoms with Gasteiger partial charge in [0.05, 0.1) is 18.7 Å². The van der Waals surface area contributed by atoms with Gasteiger partial charge in [0.2, 0.25) is 5.91 Å². The molecule has 1 amide bonds. The molecule has 0 aromatic heterocycles. The van der Waals surface area contributed by atoms with Crippen LogP contribution in [0.5, 0.6) is 0 Å². The Hall–Kier alpha value is -3.15. The maximum atomic E-state index is 13.2. The fourth-order valence-corrected chi connectivity index (χ4v) is 3.75. The van der Waals surface area contributed by atoms with Gasteiger partial charge in [-0.05, 0) is 48.7 Å². The molecule has 140 valence electrons. The fraction of sp³-hybridized carbons (Fsp3) is 0.304. The highest BCUT2D eigenvalue weighted by atomic mass is 19.1. The first-order valence-corrected chi connectivity index (χ1v) is 9.32. The van der Waals surface area contributed by atoms with E-state index in [1.807, 2.05) is 24.3 Å². The highest BCUT2D eigenvalue weighted by Crippen LogP contribution is 2.44. The number of benzene rings is 2. The van der Waals surface area contributed by atoms with Crippen LogP contribution in [0.15, 0.2) is 48.5 Å². The number of likely N-dealkylation sites (tertiary alicyclic amines) is 1. The number of rotatable bonds is 3. The third-order valence-electron chi connectivity index (χ3n) is 5.38. The zero-order valence-electron chi connectivity index (χ0n) is 15.2. The van der Waals surface area contributed by atoms with Crippen molar-refractivity contribution >= 4 is 5.91 Å². The van der Waals surface area contributed by atoms with Crippen molar-refractivity contribution in [1.29, 1.82) is 5.26 Å². The van der Waals surface area contributed by atoms with Crippen LogP contribution in [-0.4, -0.2) is 34.6 Å². The molecule has 0 spiro atoms. The summed E-state index contributed by atoms with van der Waals surface area (Å²) in [5.41, 5.74) is 2.27. The largest absolute Gasteiger partial charge is 0.394 e. The predicted molar refractivity (Wildman–Crippen MR) is 101 cm³/mol. The van der Waals surface area contributed by atoms with Gasteiger partial charge in [-0.3, -0.25) is 4.79 Å². The summed E-state index contributed by atoms with van der Waals surface area (Å²) in [6.07, 6.45) is 1.74.